The van der Waals surface area contributed by atoms with E-state index in [0.29, 0.717) is 6.54 Å². The maximum absolute atomic E-state index is 11.7. The maximum atomic E-state index is 11.7. The number of nitrogens with one attached hydrogen (secondary N) is 3. The molecule has 6 heteroatoms. The quantitative estimate of drug-likeness (QED) is 0.611. The Morgan fingerprint density at radius 2 is 2.41 bits per heavy atom. The third kappa shape index (κ3) is 3.25. The number of hydrogen-bond acceptors (Lipinski definition) is 4. The van der Waals surface area contributed by atoms with Gasteiger partial charge in [0.15, 0.2) is 0 Å². The molecular formula is C11H14N4O2. The van der Waals surface area contributed by atoms with Gasteiger partial charge in [-0.25, -0.2) is 4.98 Å². The molecule has 0 atom stereocenters. The lowest BCUT2D eigenvalue weighted by Gasteiger charge is -2.14. The second-order valence-corrected chi connectivity index (χ2v) is 3.80. The molecule has 0 radical (unpaired) electrons. The monoisotopic (exact) mass is 234 g/mol. The number of carbonyl (C=O) groups excluding carboxylic acids is 1. The van der Waals surface area contributed by atoms with Gasteiger partial charge in [0.1, 0.15) is 5.69 Å². The lowest BCUT2D eigenvalue weighted by molar-refractivity contribution is 0.0951. The standard InChI is InChI=1S/C11H14N4O2/c16-10-7-13-9(6-14-10)11(17)15-5-8-1-3-12-4-2-8/h1,6-7,12H,2-5H2,(H,14,16)(H,15,17). The van der Waals surface area contributed by atoms with Crippen molar-refractivity contribution in [2.45, 2.75) is 6.42 Å². The lowest BCUT2D eigenvalue weighted by atomic mass is 10.1. The van der Waals surface area contributed by atoms with Gasteiger partial charge in [0.05, 0.1) is 6.20 Å². The highest BCUT2D eigenvalue weighted by atomic mass is 16.2. The van der Waals surface area contributed by atoms with E-state index >= 15 is 0 Å². The van der Waals surface area contributed by atoms with E-state index in [9.17, 15) is 9.59 Å². The molecule has 3 N–H and O–H groups in total. The molecule has 2 rings (SSSR count). The zero-order valence-electron chi connectivity index (χ0n) is 9.32. The van der Waals surface area contributed by atoms with Gasteiger partial charge >= 0.3 is 0 Å². The first-order chi connectivity index (χ1) is 8.25. The second kappa shape index (κ2) is 5.40. The SMILES string of the molecule is O=C(NCC1=CCNCC1)c1c[nH]c(=O)cn1. The van der Waals surface area contributed by atoms with Gasteiger partial charge < -0.3 is 15.6 Å². The summed E-state index contributed by atoms with van der Waals surface area (Å²) in [4.78, 5) is 28.6. The third-order valence-corrected chi connectivity index (χ3v) is 2.54. The van der Waals surface area contributed by atoms with Gasteiger partial charge in [-0.15, -0.1) is 0 Å². The summed E-state index contributed by atoms with van der Waals surface area (Å²) in [5, 5.41) is 5.97. The Balaban J connectivity index is 1.91. The molecule has 2 heterocycles. The van der Waals surface area contributed by atoms with Crippen LogP contribution < -0.4 is 16.2 Å². The first kappa shape index (κ1) is 11.5. The fourth-order valence-corrected chi connectivity index (χ4v) is 1.58. The number of carbonyl (C=O) groups is 1. The van der Waals surface area contributed by atoms with Crippen LogP contribution in [0.15, 0.2) is 28.8 Å². The second-order valence-electron chi connectivity index (χ2n) is 3.80. The molecule has 1 aliphatic rings. The molecule has 90 valence electrons. The molecule has 0 saturated carbocycles. The predicted molar refractivity (Wildman–Crippen MR) is 62.8 cm³/mol. The summed E-state index contributed by atoms with van der Waals surface area (Å²) < 4.78 is 0. The van der Waals surface area contributed by atoms with Crippen LogP contribution in [-0.4, -0.2) is 35.5 Å². The molecule has 0 bridgehead atoms. The summed E-state index contributed by atoms with van der Waals surface area (Å²) in [6, 6.07) is 0. The fraction of sp³-hybridized carbons (Fsp3) is 0.364. The molecular weight excluding hydrogens is 220 g/mol. The lowest BCUT2D eigenvalue weighted by Crippen LogP contribution is -2.30. The summed E-state index contributed by atoms with van der Waals surface area (Å²) in [5.41, 5.74) is 1.11. The van der Waals surface area contributed by atoms with Crippen LogP contribution in [0.4, 0.5) is 0 Å². The minimum atomic E-state index is -0.317. The van der Waals surface area contributed by atoms with Crippen LogP contribution in [0.5, 0.6) is 0 Å². The van der Waals surface area contributed by atoms with Gasteiger partial charge in [0.2, 0.25) is 0 Å². The van der Waals surface area contributed by atoms with Crippen LogP contribution in [0.3, 0.4) is 0 Å². The van der Waals surface area contributed by atoms with Crippen molar-refractivity contribution in [2.75, 3.05) is 19.6 Å². The van der Waals surface area contributed by atoms with Gasteiger partial charge in [-0.3, -0.25) is 9.59 Å². The van der Waals surface area contributed by atoms with Crippen molar-refractivity contribution in [3.63, 3.8) is 0 Å². The van der Waals surface area contributed by atoms with Crippen molar-refractivity contribution in [3.05, 3.63) is 40.1 Å². The van der Waals surface area contributed by atoms with Crippen molar-refractivity contribution in [1.29, 1.82) is 0 Å². The molecule has 0 aliphatic carbocycles. The Hall–Kier alpha value is -1.95. The van der Waals surface area contributed by atoms with Crippen LogP contribution in [0.2, 0.25) is 0 Å². The number of amides is 1. The molecule has 1 aromatic heterocycles. The van der Waals surface area contributed by atoms with E-state index in [4.69, 9.17) is 0 Å². The number of hydrogen-bond donors (Lipinski definition) is 3. The number of aromatic nitrogens is 2. The number of rotatable bonds is 3. The Morgan fingerprint density at radius 3 is 3.06 bits per heavy atom. The Kier molecular flexibility index (Phi) is 3.66. The van der Waals surface area contributed by atoms with E-state index in [1.165, 1.54) is 11.8 Å². The third-order valence-electron chi connectivity index (χ3n) is 2.54. The summed E-state index contributed by atoms with van der Waals surface area (Å²) in [7, 11) is 0. The highest BCUT2D eigenvalue weighted by molar-refractivity contribution is 5.91. The van der Waals surface area contributed by atoms with Crippen molar-refractivity contribution in [3.8, 4) is 0 Å². The topological polar surface area (TPSA) is 86.9 Å². The first-order valence-corrected chi connectivity index (χ1v) is 5.47. The minimum absolute atomic E-state index is 0.221. The van der Waals surface area contributed by atoms with Crippen molar-refractivity contribution < 1.29 is 4.79 Å². The molecule has 0 unspecified atom stereocenters. The summed E-state index contributed by atoms with van der Waals surface area (Å²) in [6.45, 7) is 2.32. The van der Waals surface area contributed by atoms with Crippen LogP contribution in [-0.2, 0) is 0 Å². The van der Waals surface area contributed by atoms with Crippen LogP contribution >= 0.6 is 0 Å². The Morgan fingerprint density at radius 1 is 1.53 bits per heavy atom. The average molecular weight is 234 g/mol. The molecule has 1 aliphatic heterocycles. The summed E-state index contributed by atoms with van der Waals surface area (Å²) in [6.07, 6.45) is 5.43. The van der Waals surface area contributed by atoms with E-state index in [1.807, 2.05) is 0 Å². The highest BCUT2D eigenvalue weighted by Gasteiger charge is 2.08. The molecule has 17 heavy (non-hydrogen) atoms. The molecule has 1 aromatic rings. The summed E-state index contributed by atoms with van der Waals surface area (Å²) >= 11 is 0. The number of nitrogens with zero attached hydrogens (tertiary/aromatic N) is 1. The average Bonchev–Trinajstić information content (AvgIpc) is 2.38. The zero-order valence-corrected chi connectivity index (χ0v) is 9.32. The Bertz CT molecular complexity index is 472. The zero-order chi connectivity index (χ0) is 12.1. The largest absolute Gasteiger partial charge is 0.347 e. The van der Waals surface area contributed by atoms with Crippen molar-refractivity contribution in [2.24, 2.45) is 0 Å². The van der Waals surface area contributed by atoms with E-state index in [0.717, 1.165) is 25.7 Å². The molecule has 0 aromatic carbocycles. The van der Waals surface area contributed by atoms with Gasteiger partial charge in [-0.1, -0.05) is 11.6 Å². The van der Waals surface area contributed by atoms with Crippen molar-refractivity contribution >= 4 is 5.91 Å². The maximum Gasteiger partial charge on any atom is 0.271 e. The Labute approximate surface area is 98.2 Å². The van der Waals surface area contributed by atoms with E-state index in [1.54, 1.807) is 0 Å². The van der Waals surface area contributed by atoms with Gasteiger partial charge in [0.25, 0.3) is 11.5 Å². The molecule has 0 saturated heterocycles. The first-order valence-electron chi connectivity index (χ1n) is 5.47. The normalized spacial score (nSPS) is 15.2. The van der Waals surface area contributed by atoms with Crippen molar-refractivity contribution in [1.82, 2.24) is 20.6 Å². The van der Waals surface area contributed by atoms with Gasteiger partial charge in [0, 0.05) is 19.3 Å². The van der Waals surface area contributed by atoms with Crippen LogP contribution in [0.25, 0.3) is 0 Å². The molecule has 0 fully saturated rings. The molecule has 0 spiro atoms. The molecule has 1 amide bonds. The van der Waals surface area contributed by atoms with Crippen LogP contribution in [0.1, 0.15) is 16.9 Å². The van der Waals surface area contributed by atoms with Gasteiger partial charge in [-0.05, 0) is 13.0 Å². The van der Waals surface area contributed by atoms with Crippen LogP contribution in [0, 0.1) is 0 Å². The van der Waals surface area contributed by atoms with Gasteiger partial charge in [-0.2, -0.15) is 0 Å². The smallest absolute Gasteiger partial charge is 0.271 e. The molecule has 6 nitrogen and oxygen atoms in total. The van der Waals surface area contributed by atoms with E-state index < -0.39 is 0 Å². The fourth-order valence-electron chi connectivity index (χ4n) is 1.58. The van der Waals surface area contributed by atoms with E-state index in [2.05, 4.69) is 26.7 Å². The highest BCUT2D eigenvalue weighted by Crippen LogP contribution is 2.02. The minimum Gasteiger partial charge on any atom is -0.347 e. The number of aromatic amines is 1. The van der Waals surface area contributed by atoms with E-state index in [-0.39, 0.29) is 17.2 Å². The number of H-pyrrole nitrogens is 1. The predicted octanol–water partition coefficient (Wildman–Crippen LogP) is -0.581. The summed E-state index contributed by atoms with van der Waals surface area (Å²) in [5.74, 6) is -0.277.